The average Bonchev–Trinajstić information content (AvgIpc) is 3.17. The Hall–Kier alpha value is -3.45. The molecule has 0 atom stereocenters. The molecule has 7 heteroatoms. The highest BCUT2D eigenvalue weighted by Gasteiger charge is 2.25. The van der Waals surface area contributed by atoms with E-state index in [4.69, 9.17) is 4.42 Å². The van der Waals surface area contributed by atoms with Gasteiger partial charge in [-0.2, -0.15) is 0 Å². The number of nitrogens with zero attached hydrogens (tertiary/aromatic N) is 1. The number of anilines is 1. The van der Waals surface area contributed by atoms with Gasteiger partial charge < -0.3 is 4.42 Å². The molecule has 0 bridgehead atoms. The fourth-order valence-corrected chi connectivity index (χ4v) is 4.43. The molecule has 0 amide bonds. The SMILES string of the molecule is CCC(=O)c1c(-c2ccc(C)cc2)oc2cc(N(C)S(C)(=O)=O)c(-c3ccc(C)c(F)c3)cc12. The van der Waals surface area contributed by atoms with Crippen LogP contribution in [0, 0.1) is 19.7 Å². The summed E-state index contributed by atoms with van der Waals surface area (Å²) in [6.07, 6.45) is 1.37. The molecule has 0 saturated carbocycles. The first-order chi connectivity index (χ1) is 16.0. The minimum Gasteiger partial charge on any atom is -0.455 e. The molecule has 0 spiro atoms. The van der Waals surface area contributed by atoms with Gasteiger partial charge in [0.05, 0.1) is 17.5 Å². The summed E-state index contributed by atoms with van der Waals surface area (Å²) >= 11 is 0. The largest absolute Gasteiger partial charge is 0.455 e. The number of hydrogen-bond acceptors (Lipinski definition) is 4. The van der Waals surface area contributed by atoms with E-state index in [1.54, 1.807) is 38.1 Å². The average molecular weight is 480 g/mol. The summed E-state index contributed by atoms with van der Waals surface area (Å²) in [6.45, 7) is 5.41. The second-order valence-corrected chi connectivity index (χ2v) is 10.5. The van der Waals surface area contributed by atoms with Gasteiger partial charge in [-0.05, 0) is 37.1 Å². The Morgan fingerprint density at radius 2 is 1.65 bits per heavy atom. The predicted molar refractivity (Wildman–Crippen MR) is 134 cm³/mol. The second kappa shape index (κ2) is 8.72. The van der Waals surface area contributed by atoms with E-state index in [1.165, 1.54) is 13.1 Å². The van der Waals surface area contributed by atoms with Crippen molar-refractivity contribution in [2.45, 2.75) is 27.2 Å². The van der Waals surface area contributed by atoms with Gasteiger partial charge in [0.25, 0.3) is 0 Å². The van der Waals surface area contributed by atoms with E-state index < -0.39 is 15.8 Å². The molecule has 0 saturated heterocycles. The Bertz CT molecular complexity index is 1520. The molecule has 1 heterocycles. The van der Waals surface area contributed by atoms with Crippen LogP contribution in [0.2, 0.25) is 0 Å². The molecule has 34 heavy (non-hydrogen) atoms. The van der Waals surface area contributed by atoms with Crippen LogP contribution >= 0.6 is 0 Å². The minimum absolute atomic E-state index is 0.0976. The van der Waals surface area contributed by atoms with Crippen LogP contribution in [-0.2, 0) is 10.0 Å². The van der Waals surface area contributed by atoms with Crippen LogP contribution in [0.15, 0.2) is 59.0 Å². The van der Waals surface area contributed by atoms with Crippen LogP contribution in [0.3, 0.4) is 0 Å². The Labute approximate surface area is 198 Å². The minimum atomic E-state index is -3.62. The summed E-state index contributed by atoms with van der Waals surface area (Å²) in [5, 5.41) is 0.559. The number of furan rings is 1. The van der Waals surface area contributed by atoms with E-state index in [1.807, 2.05) is 31.2 Å². The number of hydrogen-bond donors (Lipinski definition) is 0. The Morgan fingerprint density at radius 3 is 2.24 bits per heavy atom. The Balaban J connectivity index is 2.09. The second-order valence-electron chi connectivity index (χ2n) is 8.51. The van der Waals surface area contributed by atoms with Crippen molar-refractivity contribution >= 4 is 32.5 Å². The van der Waals surface area contributed by atoms with Crippen molar-refractivity contribution < 1.29 is 22.0 Å². The van der Waals surface area contributed by atoms with Gasteiger partial charge in [-0.3, -0.25) is 9.10 Å². The van der Waals surface area contributed by atoms with Crippen LogP contribution < -0.4 is 4.31 Å². The number of carbonyl (C=O) groups is 1. The van der Waals surface area contributed by atoms with Crippen molar-refractivity contribution in [2.24, 2.45) is 0 Å². The maximum atomic E-state index is 14.5. The van der Waals surface area contributed by atoms with Crippen LogP contribution in [-0.4, -0.2) is 27.5 Å². The topological polar surface area (TPSA) is 67.6 Å². The van der Waals surface area contributed by atoms with Gasteiger partial charge in [-0.1, -0.05) is 48.9 Å². The molecule has 0 unspecified atom stereocenters. The number of halogens is 1. The third-order valence-corrected chi connectivity index (χ3v) is 7.23. The van der Waals surface area contributed by atoms with Crippen molar-refractivity contribution in [3.05, 3.63) is 77.1 Å². The molecule has 0 N–H and O–H groups in total. The smallest absolute Gasteiger partial charge is 0.232 e. The van der Waals surface area contributed by atoms with Gasteiger partial charge in [0, 0.05) is 36.0 Å². The number of benzene rings is 3. The number of Topliss-reactive ketones (excluding diaryl/α,β-unsaturated/α-hetero) is 1. The summed E-state index contributed by atoms with van der Waals surface area (Å²) in [7, 11) is -2.19. The normalized spacial score (nSPS) is 11.7. The molecular formula is C27H26FNO4S. The lowest BCUT2D eigenvalue weighted by Gasteiger charge is -2.21. The molecule has 1 aromatic heterocycles. The lowest BCUT2D eigenvalue weighted by atomic mass is 9.96. The fourth-order valence-electron chi connectivity index (χ4n) is 3.92. The van der Waals surface area contributed by atoms with Crippen molar-refractivity contribution in [1.29, 1.82) is 0 Å². The summed E-state index contributed by atoms with van der Waals surface area (Å²) in [5.74, 6) is -0.0652. The van der Waals surface area contributed by atoms with Gasteiger partial charge in [0.1, 0.15) is 17.2 Å². The van der Waals surface area contributed by atoms with Crippen LogP contribution in [0.1, 0.15) is 34.8 Å². The van der Waals surface area contributed by atoms with Gasteiger partial charge >= 0.3 is 0 Å². The molecule has 176 valence electrons. The Morgan fingerprint density at radius 1 is 1.00 bits per heavy atom. The van der Waals surface area contributed by atoms with E-state index in [-0.39, 0.29) is 12.2 Å². The molecular weight excluding hydrogens is 453 g/mol. The predicted octanol–water partition coefficient (Wildman–Crippen LogP) is 6.51. The molecule has 0 aliphatic carbocycles. The number of ketones is 1. The fraction of sp³-hybridized carbons (Fsp3) is 0.222. The molecule has 5 nitrogen and oxygen atoms in total. The molecule has 4 rings (SSSR count). The Kier molecular flexibility index (Phi) is 6.08. The first kappa shape index (κ1) is 23.7. The van der Waals surface area contributed by atoms with Gasteiger partial charge in [0.15, 0.2) is 5.78 Å². The van der Waals surface area contributed by atoms with E-state index >= 15 is 0 Å². The quantitative estimate of drug-likeness (QED) is 0.296. The highest BCUT2D eigenvalue weighted by Crippen LogP contribution is 2.42. The standard InChI is InChI=1S/C27H26FNO4S/c1-6-24(30)26-21-14-20(19-12-9-17(3)22(28)13-19)23(29(4)34(5,31)32)15-25(21)33-27(26)18-10-7-16(2)8-11-18/h7-15H,6H2,1-5H3. The molecule has 4 aromatic rings. The first-order valence-electron chi connectivity index (χ1n) is 10.9. The zero-order chi connectivity index (χ0) is 24.8. The number of carbonyl (C=O) groups excluding carboxylic acids is 1. The lowest BCUT2D eigenvalue weighted by Crippen LogP contribution is -2.25. The molecule has 0 radical (unpaired) electrons. The maximum absolute atomic E-state index is 14.5. The summed E-state index contributed by atoms with van der Waals surface area (Å²) in [4.78, 5) is 13.0. The highest BCUT2D eigenvalue weighted by atomic mass is 32.2. The third-order valence-electron chi connectivity index (χ3n) is 6.04. The molecule has 0 aliphatic heterocycles. The molecule has 3 aromatic carbocycles. The van der Waals surface area contributed by atoms with E-state index in [0.29, 0.717) is 44.7 Å². The van der Waals surface area contributed by atoms with E-state index in [2.05, 4.69) is 0 Å². The number of rotatable bonds is 6. The zero-order valence-corrected chi connectivity index (χ0v) is 20.6. The first-order valence-corrected chi connectivity index (χ1v) is 12.8. The van der Waals surface area contributed by atoms with E-state index in [0.717, 1.165) is 21.7 Å². The summed E-state index contributed by atoms with van der Waals surface area (Å²) in [5.41, 5.74) is 4.44. The van der Waals surface area contributed by atoms with E-state index in [9.17, 15) is 17.6 Å². The van der Waals surface area contributed by atoms with Crippen molar-refractivity contribution in [2.75, 3.05) is 17.6 Å². The summed E-state index contributed by atoms with van der Waals surface area (Å²) in [6, 6.07) is 15.7. The zero-order valence-electron chi connectivity index (χ0n) is 19.8. The molecule has 0 fully saturated rings. The number of aryl methyl sites for hydroxylation is 2. The van der Waals surface area contributed by atoms with Crippen LogP contribution in [0.4, 0.5) is 10.1 Å². The summed E-state index contributed by atoms with van der Waals surface area (Å²) < 4.78 is 46.6. The molecule has 0 aliphatic rings. The number of fused-ring (bicyclic) bond motifs is 1. The van der Waals surface area contributed by atoms with Gasteiger partial charge in [-0.25, -0.2) is 12.8 Å². The third kappa shape index (κ3) is 4.23. The van der Waals surface area contributed by atoms with Gasteiger partial charge in [0.2, 0.25) is 10.0 Å². The maximum Gasteiger partial charge on any atom is 0.232 e. The number of sulfonamides is 1. The van der Waals surface area contributed by atoms with Crippen LogP contribution in [0.25, 0.3) is 33.4 Å². The monoisotopic (exact) mass is 479 g/mol. The highest BCUT2D eigenvalue weighted by molar-refractivity contribution is 7.92. The lowest BCUT2D eigenvalue weighted by molar-refractivity contribution is 0.0989. The van der Waals surface area contributed by atoms with Crippen LogP contribution in [0.5, 0.6) is 0 Å². The van der Waals surface area contributed by atoms with Gasteiger partial charge in [-0.15, -0.1) is 0 Å². The van der Waals surface area contributed by atoms with Crippen molar-refractivity contribution in [3.63, 3.8) is 0 Å². The van der Waals surface area contributed by atoms with Crippen molar-refractivity contribution in [3.8, 4) is 22.5 Å². The van der Waals surface area contributed by atoms with Crippen molar-refractivity contribution in [1.82, 2.24) is 0 Å².